The van der Waals surface area contributed by atoms with Gasteiger partial charge < -0.3 is 5.11 Å². The molecular weight excluding hydrogens is 389 g/mol. The van der Waals surface area contributed by atoms with Crippen LogP contribution in [0.1, 0.15) is 27.9 Å². The van der Waals surface area contributed by atoms with E-state index in [2.05, 4.69) is 5.10 Å². The van der Waals surface area contributed by atoms with Crippen LogP contribution < -0.4 is 0 Å². The predicted octanol–water partition coefficient (Wildman–Crippen LogP) is 5.23. The number of rotatable bonds is 5. The Morgan fingerprint density at radius 1 is 0.700 bits per heavy atom. The highest BCUT2D eigenvalue weighted by Gasteiger charge is 2.43. The van der Waals surface area contributed by atoms with Crippen molar-refractivity contribution in [3.8, 4) is 0 Å². The number of alkyl halides is 3. The maximum Gasteiger partial charge on any atom is 0.435 e. The molecule has 0 aliphatic rings. The molecule has 0 radical (unpaired) electrons. The molecule has 4 rings (SSSR count). The molecule has 6 heteroatoms. The van der Waals surface area contributed by atoms with Gasteiger partial charge in [0.2, 0.25) is 0 Å². The maximum absolute atomic E-state index is 13.7. The van der Waals surface area contributed by atoms with Crippen molar-refractivity contribution >= 4 is 0 Å². The second-order valence-corrected chi connectivity index (χ2v) is 6.91. The van der Waals surface area contributed by atoms with Gasteiger partial charge in [0, 0.05) is 11.8 Å². The summed E-state index contributed by atoms with van der Waals surface area (Å²) in [5, 5.41) is 13.6. The van der Waals surface area contributed by atoms with Crippen molar-refractivity contribution in [2.75, 3.05) is 0 Å². The lowest BCUT2D eigenvalue weighted by Gasteiger charge is -2.36. The van der Waals surface area contributed by atoms with E-state index in [1.807, 2.05) is 91.0 Å². The van der Waals surface area contributed by atoms with Crippen LogP contribution in [-0.2, 0) is 18.3 Å². The lowest BCUT2D eigenvalue weighted by Crippen LogP contribution is -2.38. The summed E-state index contributed by atoms with van der Waals surface area (Å²) in [5.41, 5.74) is -0.252. The van der Waals surface area contributed by atoms with Gasteiger partial charge in [0.05, 0.1) is 6.61 Å². The lowest BCUT2D eigenvalue weighted by atomic mass is 9.77. The number of hydrogen-bond donors (Lipinski definition) is 1. The van der Waals surface area contributed by atoms with E-state index >= 15 is 0 Å². The Balaban J connectivity index is 2.13. The van der Waals surface area contributed by atoms with Crippen LogP contribution in [0.15, 0.2) is 97.2 Å². The number of halogens is 3. The van der Waals surface area contributed by atoms with E-state index < -0.39 is 24.0 Å². The molecule has 30 heavy (non-hydrogen) atoms. The molecule has 0 unspecified atom stereocenters. The van der Waals surface area contributed by atoms with Crippen molar-refractivity contribution in [3.63, 3.8) is 0 Å². The second kappa shape index (κ2) is 7.80. The van der Waals surface area contributed by atoms with Gasteiger partial charge in [0.15, 0.2) is 5.69 Å². The molecule has 0 spiro atoms. The molecule has 0 bridgehead atoms. The van der Waals surface area contributed by atoms with Crippen molar-refractivity contribution in [1.82, 2.24) is 9.78 Å². The average Bonchev–Trinajstić information content (AvgIpc) is 3.22. The van der Waals surface area contributed by atoms with Crippen LogP contribution in [0, 0.1) is 0 Å². The topological polar surface area (TPSA) is 38.0 Å². The number of benzene rings is 3. The van der Waals surface area contributed by atoms with Gasteiger partial charge in [-0.2, -0.15) is 18.3 Å². The van der Waals surface area contributed by atoms with E-state index in [0.29, 0.717) is 0 Å². The summed E-state index contributed by atoms with van der Waals surface area (Å²) in [6.07, 6.45) is -3.39. The molecule has 152 valence electrons. The zero-order valence-electron chi connectivity index (χ0n) is 15.9. The van der Waals surface area contributed by atoms with E-state index in [9.17, 15) is 18.3 Å². The van der Waals surface area contributed by atoms with Crippen LogP contribution in [-0.4, -0.2) is 14.9 Å². The molecule has 0 atom stereocenters. The fourth-order valence-electron chi connectivity index (χ4n) is 3.87. The van der Waals surface area contributed by atoms with Crippen molar-refractivity contribution in [2.45, 2.75) is 18.3 Å². The molecule has 1 heterocycles. The largest absolute Gasteiger partial charge is 0.435 e. The normalized spacial score (nSPS) is 12.1. The minimum absolute atomic E-state index is 0.269. The Kier molecular flexibility index (Phi) is 5.18. The number of nitrogens with zero attached hydrogens (tertiary/aromatic N) is 2. The van der Waals surface area contributed by atoms with Gasteiger partial charge in [-0.05, 0) is 16.7 Å². The third-order valence-electron chi connectivity index (χ3n) is 5.15. The highest BCUT2D eigenvalue weighted by molar-refractivity contribution is 5.50. The van der Waals surface area contributed by atoms with Crippen molar-refractivity contribution < 1.29 is 18.3 Å². The Hall–Kier alpha value is -3.38. The molecule has 1 N–H and O–H groups in total. The molecule has 0 saturated carbocycles. The van der Waals surface area contributed by atoms with Crippen LogP contribution in [0.25, 0.3) is 0 Å². The first-order chi connectivity index (χ1) is 14.5. The second-order valence-electron chi connectivity index (χ2n) is 6.91. The van der Waals surface area contributed by atoms with Gasteiger partial charge >= 0.3 is 6.18 Å². The van der Waals surface area contributed by atoms with E-state index in [1.165, 1.54) is 10.9 Å². The van der Waals surface area contributed by atoms with Gasteiger partial charge in [-0.3, -0.25) is 4.68 Å². The minimum Gasteiger partial charge on any atom is -0.392 e. The Morgan fingerprint density at radius 3 is 1.40 bits per heavy atom. The Bertz CT molecular complexity index is 1010. The maximum atomic E-state index is 13.7. The lowest BCUT2D eigenvalue weighted by molar-refractivity contribution is -0.142. The third-order valence-corrected chi connectivity index (χ3v) is 5.15. The first-order valence-electron chi connectivity index (χ1n) is 9.41. The van der Waals surface area contributed by atoms with E-state index in [4.69, 9.17) is 0 Å². The zero-order valence-corrected chi connectivity index (χ0v) is 15.9. The Labute approximate surface area is 172 Å². The van der Waals surface area contributed by atoms with Crippen LogP contribution >= 0.6 is 0 Å². The SMILES string of the molecule is OCc1cn(C(c2ccccc2)(c2ccccc2)c2ccccc2)nc1C(F)(F)F. The van der Waals surface area contributed by atoms with Crippen LogP contribution in [0.2, 0.25) is 0 Å². The summed E-state index contributed by atoms with van der Waals surface area (Å²) >= 11 is 0. The van der Waals surface area contributed by atoms with Gasteiger partial charge in [-0.15, -0.1) is 0 Å². The molecule has 0 saturated heterocycles. The number of aliphatic hydroxyl groups excluding tert-OH is 1. The smallest absolute Gasteiger partial charge is 0.392 e. The first-order valence-corrected chi connectivity index (χ1v) is 9.41. The summed E-state index contributed by atoms with van der Waals surface area (Å²) in [7, 11) is 0. The quantitative estimate of drug-likeness (QED) is 0.459. The van der Waals surface area contributed by atoms with Gasteiger partial charge in [-0.1, -0.05) is 91.0 Å². The van der Waals surface area contributed by atoms with Crippen molar-refractivity contribution in [3.05, 3.63) is 125 Å². The van der Waals surface area contributed by atoms with Gasteiger partial charge in [-0.25, -0.2) is 0 Å². The van der Waals surface area contributed by atoms with E-state index in [0.717, 1.165) is 16.7 Å². The number of hydrogen-bond acceptors (Lipinski definition) is 2. The third kappa shape index (κ3) is 3.29. The van der Waals surface area contributed by atoms with Gasteiger partial charge in [0.25, 0.3) is 0 Å². The van der Waals surface area contributed by atoms with E-state index in [-0.39, 0.29) is 5.56 Å². The van der Waals surface area contributed by atoms with Crippen LogP contribution in [0.5, 0.6) is 0 Å². The number of aromatic nitrogens is 2. The molecular formula is C24H19F3N2O. The summed E-state index contributed by atoms with van der Waals surface area (Å²) in [6.45, 7) is -0.761. The van der Waals surface area contributed by atoms with Crippen LogP contribution in [0.3, 0.4) is 0 Å². The van der Waals surface area contributed by atoms with Crippen molar-refractivity contribution in [2.24, 2.45) is 0 Å². The van der Waals surface area contributed by atoms with Crippen molar-refractivity contribution in [1.29, 1.82) is 0 Å². The molecule has 0 aliphatic heterocycles. The van der Waals surface area contributed by atoms with E-state index in [1.54, 1.807) is 0 Å². The fraction of sp³-hybridized carbons (Fsp3) is 0.125. The molecule has 0 amide bonds. The monoisotopic (exact) mass is 408 g/mol. The van der Waals surface area contributed by atoms with Gasteiger partial charge in [0.1, 0.15) is 5.54 Å². The summed E-state index contributed by atoms with van der Waals surface area (Å²) < 4.78 is 42.3. The molecule has 4 aromatic rings. The highest BCUT2D eigenvalue weighted by Crippen LogP contribution is 2.42. The molecule has 0 aliphatic carbocycles. The molecule has 3 nitrogen and oxygen atoms in total. The molecule has 1 aromatic heterocycles. The molecule has 3 aromatic carbocycles. The first kappa shape index (κ1) is 19.9. The summed E-state index contributed by atoms with van der Waals surface area (Å²) in [6, 6.07) is 27.8. The highest BCUT2D eigenvalue weighted by atomic mass is 19.4. The predicted molar refractivity (Wildman–Crippen MR) is 108 cm³/mol. The average molecular weight is 408 g/mol. The van der Waals surface area contributed by atoms with Crippen LogP contribution in [0.4, 0.5) is 13.2 Å². The summed E-state index contributed by atoms with van der Waals surface area (Å²) in [5.74, 6) is 0. The Morgan fingerprint density at radius 2 is 1.10 bits per heavy atom. The zero-order chi connectivity index (χ0) is 21.2. The fourth-order valence-corrected chi connectivity index (χ4v) is 3.87. The minimum atomic E-state index is -4.68. The summed E-state index contributed by atoms with van der Waals surface area (Å²) in [4.78, 5) is 0. The molecule has 0 fully saturated rings. The standard InChI is InChI=1S/C24H19F3N2O/c25-24(26,27)22-18(17-30)16-29(28-22)23(19-10-4-1-5-11-19,20-12-6-2-7-13-20)21-14-8-3-9-15-21/h1-16,30H,17H2. The number of aliphatic hydroxyl groups is 1.